The molecule has 2 N–H and O–H groups in total. The molecule has 1 aliphatic rings. The number of rotatable bonds is 5. The van der Waals surface area contributed by atoms with E-state index in [-0.39, 0.29) is 0 Å². The third kappa shape index (κ3) is 4.22. The molecule has 6 nitrogen and oxygen atoms in total. The van der Waals surface area contributed by atoms with Crippen LogP contribution in [0.15, 0.2) is 24.7 Å². The van der Waals surface area contributed by atoms with Gasteiger partial charge in [0.05, 0.1) is 6.20 Å². The zero-order valence-electron chi connectivity index (χ0n) is 13.8. The summed E-state index contributed by atoms with van der Waals surface area (Å²) >= 11 is 0. The van der Waals surface area contributed by atoms with Crippen LogP contribution >= 0.6 is 0 Å². The summed E-state index contributed by atoms with van der Waals surface area (Å²) in [5, 5.41) is 6.89. The summed E-state index contributed by atoms with van der Waals surface area (Å²) in [6.07, 6.45) is 7.46. The Hall–Kier alpha value is -2.08. The fraction of sp³-hybridized carbons (Fsp3) is 0.529. The molecule has 23 heavy (non-hydrogen) atoms. The molecule has 122 valence electrons. The molecule has 1 fully saturated rings. The van der Waals surface area contributed by atoms with E-state index in [4.69, 9.17) is 0 Å². The second-order valence-corrected chi connectivity index (χ2v) is 6.32. The third-order valence-electron chi connectivity index (χ3n) is 4.16. The lowest BCUT2D eigenvalue weighted by Gasteiger charge is -2.23. The Morgan fingerprint density at radius 1 is 1.22 bits per heavy atom. The number of nitrogens with one attached hydrogen (secondary N) is 2. The van der Waals surface area contributed by atoms with Crippen molar-refractivity contribution in [2.24, 2.45) is 5.92 Å². The van der Waals surface area contributed by atoms with E-state index in [9.17, 15) is 0 Å². The standard InChI is InChI=1S/C17H24N6/c1-12(2)14-9-16(21-10-13-3-5-18-6-4-13)23-17(22-14)15-11-19-7-8-20-15/h7-9,11-13,18H,3-6,10H2,1-2H3,(H,21,22,23). The highest BCUT2D eigenvalue weighted by Crippen LogP contribution is 2.21. The van der Waals surface area contributed by atoms with E-state index in [1.165, 1.54) is 12.8 Å². The average molecular weight is 312 g/mol. The molecule has 2 aromatic rings. The molecule has 0 aromatic carbocycles. The fourth-order valence-electron chi connectivity index (χ4n) is 2.72. The predicted molar refractivity (Wildman–Crippen MR) is 91.2 cm³/mol. The van der Waals surface area contributed by atoms with E-state index in [1.807, 2.05) is 6.07 Å². The molecule has 0 aliphatic carbocycles. The van der Waals surface area contributed by atoms with Gasteiger partial charge in [-0.2, -0.15) is 0 Å². The highest BCUT2D eigenvalue weighted by molar-refractivity contribution is 5.52. The van der Waals surface area contributed by atoms with Crippen LogP contribution in [0.4, 0.5) is 5.82 Å². The molecule has 3 rings (SSSR count). The summed E-state index contributed by atoms with van der Waals surface area (Å²) < 4.78 is 0. The van der Waals surface area contributed by atoms with Gasteiger partial charge in [-0.1, -0.05) is 13.8 Å². The maximum Gasteiger partial charge on any atom is 0.182 e. The van der Waals surface area contributed by atoms with Crippen molar-refractivity contribution in [2.75, 3.05) is 25.0 Å². The first-order valence-electron chi connectivity index (χ1n) is 8.32. The van der Waals surface area contributed by atoms with Crippen molar-refractivity contribution >= 4 is 5.82 Å². The number of anilines is 1. The van der Waals surface area contributed by atoms with E-state index >= 15 is 0 Å². The minimum atomic E-state index is 0.341. The molecule has 0 radical (unpaired) electrons. The van der Waals surface area contributed by atoms with Crippen molar-refractivity contribution in [3.05, 3.63) is 30.4 Å². The van der Waals surface area contributed by atoms with Crippen LogP contribution < -0.4 is 10.6 Å². The molecule has 3 heterocycles. The fourth-order valence-corrected chi connectivity index (χ4v) is 2.72. The van der Waals surface area contributed by atoms with Gasteiger partial charge in [0.15, 0.2) is 5.82 Å². The Morgan fingerprint density at radius 2 is 2.04 bits per heavy atom. The van der Waals surface area contributed by atoms with Crippen LogP contribution in [0.3, 0.4) is 0 Å². The van der Waals surface area contributed by atoms with Crippen LogP contribution in [0, 0.1) is 5.92 Å². The Kier molecular flexibility index (Phi) is 5.12. The first-order chi connectivity index (χ1) is 11.2. The van der Waals surface area contributed by atoms with E-state index in [2.05, 4.69) is 44.4 Å². The first-order valence-corrected chi connectivity index (χ1v) is 8.32. The van der Waals surface area contributed by atoms with Gasteiger partial charge in [0.2, 0.25) is 0 Å². The van der Waals surface area contributed by atoms with Crippen molar-refractivity contribution in [3.63, 3.8) is 0 Å². The number of aromatic nitrogens is 4. The zero-order chi connectivity index (χ0) is 16.1. The maximum atomic E-state index is 4.63. The predicted octanol–water partition coefficient (Wildman–Crippen LogP) is 2.47. The second kappa shape index (κ2) is 7.46. The first kappa shape index (κ1) is 15.8. The van der Waals surface area contributed by atoms with Gasteiger partial charge in [-0.05, 0) is 37.8 Å². The Morgan fingerprint density at radius 3 is 2.74 bits per heavy atom. The van der Waals surface area contributed by atoms with E-state index in [1.54, 1.807) is 18.6 Å². The molecule has 6 heteroatoms. The van der Waals surface area contributed by atoms with Crippen LogP contribution in [-0.2, 0) is 0 Å². The average Bonchev–Trinajstić information content (AvgIpc) is 2.61. The van der Waals surface area contributed by atoms with Crippen molar-refractivity contribution in [3.8, 4) is 11.5 Å². The monoisotopic (exact) mass is 312 g/mol. The lowest BCUT2D eigenvalue weighted by molar-refractivity contribution is 0.389. The van der Waals surface area contributed by atoms with Gasteiger partial charge in [0, 0.05) is 30.7 Å². The second-order valence-electron chi connectivity index (χ2n) is 6.32. The van der Waals surface area contributed by atoms with Crippen molar-refractivity contribution < 1.29 is 0 Å². The lowest BCUT2D eigenvalue weighted by atomic mass is 9.98. The number of hydrogen-bond donors (Lipinski definition) is 2. The molecule has 0 unspecified atom stereocenters. The van der Waals surface area contributed by atoms with Gasteiger partial charge in [0.25, 0.3) is 0 Å². The summed E-state index contributed by atoms with van der Waals surface area (Å²) in [5.41, 5.74) is 1.73. The molecular formula is C17H24N6. The summed E-state index contributed by atoms with van der Waals surface area (Å²) in [5.74, 6) is 2.56. The van der Waals surface area contributed by atoms with E-state index in [0.29, 0.717) is 23.4 Å². The highest BCUT2D eigenvalue weighted by Gasteiger charge is 2.14. The van der Waals surface area contributed by atoms with Crippen molar-refractivity contribution in [1.82, 2.24) is 25.3 Å². The van der Waals surface area contributed by atoms with E-state index < -0.39 is 0 Å². The summed E-state index contributed by atoms with van der Waals surface area (Å²) in [6.45, 7) is 7.45. The van der Waals surface area contributed by atoms with Crippen molar-refractivity contribution in [1.29, 1.82) is 0 Å². The van der Waals surface area contributed by atoms with Crippen LogP contribution in [0.25, 0.3) is 11.5 Å². The van der Waals surface area contributed by atoms with Gasteiger partial charge in [0.1, 0.15) is 11.5 Å². The Labute approximate surface area is 137 Å². The molecule has 0 saturated carbocycles. The minimum absolute atomic E-state index is 0.341. The van der Waals surface area contributed by atoms with Gasteiger partial charge in [-0.15, -0.1) is 0 Å². The minimum Gasteiger partial charge on any atom is -0.370 e. The van der Waals surface area contributed by atoms with Gasteiger partial charge < -0.3 is 10.6 Å². The van der Waals surface area contributed by atoms with Crippen LogP contribution in [0.2, 0.25) is 0 Å². The molecule has 0 spiro atoms. The quantitative estimate of drug-likeness (QED) is 0.883. The molecule has 0 amide bonds. The summed E-state index contributed by atoms with van der Waals surface area (Å²) in [7, 11) is 0. The van der Waals surface area contributed by atoms with Crippen molar-refractivity contribution in [2.45, 2.75) is 32.6 Å². The van der Waals surface area contributed by atoms with Gasteiger partial charge in [-0.25, -0.2) is 15.0 Å². The zero-order valence-corrected chi connectivity index (χ0v) is 13.8. The number of hydrogen-bond acceptors (Lipinski definition) is 6. The molecule has 0 bridgehead atoms. The molecule has 1 saturated heterocycles. The summed E-state index contributed by atoms with van der Waals surface area (Å²) in [4.78, 5) is 17.7. The Balaban J connectivity index is 1.79. The molecule has 1 aliphatic heterocycles. The number of nitrogens with zero attached hydrogens (tertiary/aromatic N) is 4. The highest BCUT2D eigenvalue weighted by atomic mass is 15.0. The van der Waals surface area contributed by atoms with Gasteiger partial charge in [-0.3, -0.25) is 4.98 Å². The number of piperidine rings is 1. The lowest BCUT2D eigenvalue weighted by Crippen LogP contribution is -2.31. The topological polar surface area (TPSA) is 75.6 Å². The van der Waals surface area contributed by atoms with Crippen LogP contribution in [0.1, 0.15) is 38.3 Å². The summed E-state index contributed by atoms with van der Waals surface area (Å²) in [6, 6.07) is 2.05. The molecular weight excluding hydrogens is 288 g/mol. The molecule has 0 atom stereocenters. The normalized spacial score (nSPS) is 15.8. The van der Waals surface area contributed by atoms with Crippen LogP contribution in [0.5, 0.6) is 0 Å². The van der Waals surface area contributed by atoms with E-state index in [0.717, 1.165) is 31.1 Å². The Bertz CT molecular complexity index is 622. The molecule has 2 aromatic heterocycles. The maximum absolute atomic E-state index is 4.63. The SMILES string of the molecule is CC(C)c1cc(NCC2CCNCC2)nc(-c2cnccn2)n1. The smallest absolute Gasteiger partial charge is 0.182 e. The third-order valence-corrected chi connectivity index (χ3v) is 4.16. The van der Waals surface area contributed by atoms with Crippen LogP contribution in [-0.4, -0.2) is 39.6 Å². The largest absolute Gasteiger partial charge is 0.370 e. The van der Waals surface area contributed by atoms with Gasteiger partial charge >= 0.3 is 0 Å².